The number of rotatable bonds is 4. The van der Waals surface area contributed by atoms with Crippen molar-refractivity contribution in [2.24, 2.45) is 0 Å². The molecule has 0 saturated carbocycles. The first-order chi connectivity index (χ1) is 13.7. The van der Waals surface area contributed by atoms with Gasteiger partial charge in [0.2, 0.25) is 11.8 Å². The molecule has 2 heterocycles. The zero-order valence-electron chi connectivity index (χ0n) is 15.8. The second-order valence-electron chi connectivity index (χ2n) is 7.19. The number of fused-ring (bicyclic) bond motifs is 1. The third-order valence-corrected chi connectivity index (χ3v) is 6.67. The molecule has 5 nitrogen and oxygen atoms in total. The molecule has 1 fully saturated rings. The fourth-order valence-electron chi connectivity index (χ4n) is 3.77. The first kappa shape index (κ1) is 18.9. The summed E-state index contributed by atoms with van der Waals surface area (Å²) in [4.78, 5) is 29.4. The third kappa shape index (κ3) is 4.33. The first-order valence-electron chi connectivity index (χ1n) is 9.79. The van der Waals surface area contributed by atoms with Gasteiger partial charge in [-0.25, -0.2) is 0 Å². The topological polar surface area (TPSA) is 52.7 Å². The molecular formula is C22H25N3O2S. The highest BCUT2D eigenvalue weighted by Gasteiger charge is 2.27. The molecule has 0 unspecified atom stereocenters. The van der Waals surface area contributed by atoms with Gasteiger partial charge in [0.15, 0.2) is 0 Å². The lowest BCUT2D eigenvalue weighted by Crippen LogP contribution is -2.49. The summed E-state index contributed by atoms with van der Waals surface area (Å²) in [6, 6.07) is 18.2. The van der Waals surface area contributed by atoms with Gasteiger partial charge >= 0.3 is 0 Å². The molecule has 2 aromatic rings. The fourth-order valence-corrected chi connectivity index (χ4v) is 4.79. The number of carbonyl (C=O) groups excluding carboxylic acids is 2. The van der Waals surface area contributed by atoms with Crippen molar-refractivity contribution in [2.45, 2.75) is 18.1 Å². The van der Waals surface area contributed by atoms with E-state index >= 15 is 0 Å². The average molecular weight is 396 g/mol. The van der Waals surface area contributed by atoms with Crippen LogP contribution in [-0.4, -0.2) is 53.9 Å². The number of benzene rings is 2. The number of nitrogens with one attached hydrogen (secondary N) is 1. The van der Waals surface area contributed by atoms with Crippen molar-refractivity contribution < 1.29 is 9.59 Å². The highest BCUT2D eigenvalue weighted by Crippen LogP contribution is 2.27. The van der Waals surface area contributed by atoms with Crippen molar-refractivity contribution in [1.29, 1.82) is 0 Å². The summed E-state index contributed by atoms with van der Waals surface area (Å²) in [7, 11) is 0. The van der Waals surface area contributed by atoms with Crippen LogP contribution >= 0.6 is 11.8 Å². The number of carbonyl (C=O) groups is 2. The van der Waals surface area contributed by atoms with E-state index in [0.29, 0.717) is 5.75 Å². The van der Waals surface area contributed by atoms with Gasteiger partial charge < -0.3 is 15.1 Å². The van der Waals surface area contributed by atoms with Crippen molar-refractivity contribution in [3.05, 3.63) is 60.2 Å². The zero-order chi connectivity index (χ0) is 19.3. The Morgan fingerprint density at radius 1 is 1.00 bits per heavy atom. The smallest absolute Gasteiger partial charge is 0.237 e. The Labute approximate surface area is 170 Å². The molecule has 0 spiro atoms. The van der Waals surface area contributed by atoms with E-state index in [1.54, 1.807) is 0 Å². The van der Waals surface area contributed by atoms with Crippen molar-refractivity contribution in [2.75, 3.05) is 42.1 Å². The third-order valence-electron chi connectivity index (χ3n) is 5.41. The molecule has 0 aromatic heterocycles. The maximum absolute atomic E-state index is 12.6. The molecule has 28 heavy (non-hydrogen) atoms. The average Bonchev–Trinajstić information content (AvgIpc) is 2.91. The number of hydrogen-bond donors (Lipinski definition) is 1. The Bertz CT molecular complexity index is 835. The van der Waals surface area contributed by atoms with Crippen LogP contribution in [0.2, 0.25) is 0 Å². The van der Waals surface area contributed by atoms with Crippen LogP contribution < -0.4 is 10.2 Å². The van der Waals surface area contributed by atoms with Crippen LogP contribution in [0.15, 0.2) is 54.6 Å². The summed E-state index contributed by atoms with van der Waals surface area (Å²) in [5.41, 5.74) is 3.28. The predicted molar refractivity (Wildman–Crippen MR) is 115 cm³/mol. The molecule has 1 atom stereocenters. The Morgan fingerprint density at radius 3 is 2.50 bits per heavy atom. The summed E-state index contributed by atoms with van der Waals surface area (Å²) < 4.78 is 0. The lowest BCUT2D eigenvalue weighted by molar-refractivity contribution is -0.128. The highest BCUT2D eigenvalue weighted by molar-refractivity contribution is 8.01. The SMILES string of the molecule is O=C1Nc2ccccc2CC[C@@H]1SCC(=O)N1CCN(c2ccccc2)CC1. The largest absolute Gasteiger partial charge is 0.368 e. The summed E-state index contributed by atoms with van der Waals surface area (Å²) in [5.74, 6) is 0.503. The number of piperazine rings is 1. The van der Waals surface area contributed by atoms with Crippen molar-refractivity contribution >= 4 is 35.0 Å². The van der Waals surface area contributed by atoms with E-state index in [9.17, 15) is 9.59 Å². The van der Waals surface area contributed by atoms with E-state index in [-0.39, 0.29) is 17.1 Å². The van der Waals surface area contributed by atoms with Gasteiger partial charge in [0, 0.05) is 37.6 Å². The van der Waals surface area contributed by atoms with E-state index in [1.165, 1.54) is 23.0 Å². The van der Waals surface area contributed by atoms with E-state index in [4.69, 9.17) is 0 Å². The quantitative estimate of drug-likeness (QED) is 0.865. The van der Waals surface area contributed by atoms with E-state index in [0.717, 1.165) is 44.7 Å². The fraction of sp³-hybridized carbons (Fsp3) is 0.364. The molecule has 2 amide bonds. The van der Waals surface area contributed by atoms with E-state index in [2.05, 4.69) is 28.4 Å². The number of aryl methyl sites for hydroxylation is 1. The molecule has 2 aromatic carbocycles. The maximum atomic E-state index is 12.6. The molecule has 146 valence electrons. The summed E-state index contributed by atoms with van der Waals surface area (Å²) in [6.07, 6.45) is 1.62. The molecule has 2 aliphatic rings. The zero-order valence-corrected chi connectivity index (χ0v) is 16.7. The number of thioether (sulfide) groups is 1. The summed E-state index contributed by atoms with van der Waals surface area (Å²) in [5, 5.41) is 2.83. The van der Waals surface area contributed by atoms with Crippen LogP contribution in [0, 0.1) is 0 Å². The van der Waals surface area contributed by atoms with Gasteiger partial charge in [-0.3, -0.25) is 9.59 Å². The maximum Gasteiger partial charge on any atom is 0.237 e. The number of para-hydroxylation sites is 2. The lowest BCUT2D eigenvalue weighted by atomic mass is 10.1. The summed E-state index contributed by atoms with van der Waals surface area (Å²) >= 11 is 1.47. The van der Waals surface area contributed by atoms with Gasteiger partial charge in [0.25, 0.3) is 0 Å². The van der Waals surface area contributed by atoms with Crippen LogP contribution in [0.1, 0.15) is 12.0 Å². The minimum Gasteiger partial charge on any atom is -0.368 e. The number of nitrogens with zero attached hydrogens (tertiary/aromatic N) is 2. The van der Waals surface area contributed by atoms with Crippen LogP contribution in [0.3, 0.4) is 0 Å². The molecule has 6 heteroatoms. The van der Waals surface area contributed by atoms with Crippen molar-refractivity contribution in [3.8, 4) is 0 Å². The molecular weight excluding hydrogens is 370 g/mol. The Hall–Kier alpha value is -2.47. The molecule has 0 aliphatic carbocycles. The molecule has 1 N–H and O–H groups in total. The first-order valence-corrected chi connectivity index (χ1v) is 10.8. The van der Waals surface area contributed by atoms with Gasteiger partial charge in [-0.1, -0.05) is 36.4 Å². The second-order valence-corrected chi connectivity index (χ2v) is 8.38. The number of hydrogen-bond acceptors (Lipinski definition) is 4. The Kier molecular flexibility index (Phi) is 5.86. The minimum atomic E-state index is -0.179. The Morgan fingerprint density at radius 2 is 1.71 bits per heavy atom. The van der Waals surface area contributed by atoms with Crippen molar-refractivity contribution in [3.63, 3.8) is 0 Å². The van der Waals surface area contributed by atoms with Crippen LogP contribution in [0.4, 0.5) is 11.4 Å². The Balaban J connectivity index is 1.26. The lowest BCUT2D eigenvalue weighted by Gasteiger charge is -2.36. The van der Waals surface area contributed by atoms with Gasteiger partial charge in [0.05, 0.1) is 11.0 Å². The van der Waals surface area contributed by atoms with Gasteiger partial charge in [-0.15, -0.1) is 11.8 Å². The second kappa shape index (κ2) is 8.69. The normalized spacial score (nSPS) is 19.6. The van der Waals surface area contributed by atoms with E-state index < -0.39 is 0 Å². The molecule has 0 radical (unpaired) electrons. The van der Waals surface area contributed by atoms with E-state index in [1.807, 2.05) is 41.3 Å². The predicted octanol–water partition coefficient (Wildman–Crippen LogP) is 3.02. The monoisotopic (exact) mass is 395 g/mol. The van der Waals surface area contributed by atoms with Crippen molar-refractivity contribution in [1.82, 2.24) is 4.90 Å². The van der Waals surface area contributed by atoms with Gasteiger partial charge in [-0.2, -0.15) is 0 Å². The van der Waals surface area contributed by atoms with Crippen LogP contribution in [0.5, 0.6) is 0 Å². The van der Waals surface area contributed by atoms with Crippen LogP contribution in [-0.2, 0) is 16.0 Å². The highest BCUT2D eigenvalue weighted by atomic mass is 32.2. The number of amides is 2. The summed E-state index contributed by atoms with van der Waals surface area (Å²) in [6.45, 7) is 3.16. The molecule has 0 bridgehead atoms. The molecule has 2 aliphatic heterocycles. The standard InChI is InChI=1S/C22H25N3O2S/c26-21(25-14-12-24(13-15-25)18-7-2-1-3-8-18)16-28-20-11-10-17-6-4-5-9-19(17)23-22(20)27/h1-9,20H,10-16H2,(H,23,27)/t20-/m0/s1. The molecule has 1 saturated heterocycles. The number of anilines is 2. The minimum absolute atomic E-state index is 0.0108. The van der Waals surface area contributed by atoms with Gasteiger partial charge in [0.1, 0.15) is 0 Å². The molecule has 4 rings (SSSR count). The van der Waals surface area contributed by atoms with Crippen LogP contribution in [0.25, 0.3) is 0 Å². The van der Waals surface area contributed by atoms with Gasteiger partial charge in [-0.05, 0) is 36.6 Å².